The van der Waals surface area contributed by atoms with Crippen LogP contribution in [0.25, 0.3) is 0 Å². The van der Waals surface area contributed by atoms with E-state index in [0.29, 0.717) is 12.4 Å². The van der Waals surface area contributed by atoms with Crippen LogP contribution in [0.5, 0.6) is 0 Å². The van der Waals surface area contributed by atoms with E-state index in [1.165, 1.54) is 0 Å². The molecule has 4 heteroatoms. The summed E-state index contributed by atoms with van der Waals surface area (Å²) in [6.07, 6.45) is 1.50. The zero-order chi connectivity index (χ0) is 9.31. The monoisotopic (exact) mass is 183 g/mol. The van der Waals surface area contributed by atoms with Crippen molar-refractivity contribution in [1.82, 2.24) is 4.98 Å². The lowest BCUT2D eigenvalue weighted by Crippen LogP contribution is -2.25. The maximum atomic E-state index is 12.8. The quantitative estimate of drug-likeness (QED) is 0.659. The molecule has 0 spiro atoms. The van der Waals surface area contributed by atoms with Gasteiger partial charge in [0.05, 0.1) is 6.54 Å². The molecule has 13 heavy (non-hydrogen) atoms. The smallest absolute Gasteiger partial charge is 0.266 e. The molecule has 1 aromatic rings. The van der Waals surface area contributed by atoms with Crippen LogP contribution in [0.4, 0.5) is 14.6 Å². The van der Waals surface area contributed by atoms with Crippen LogP contribution in [0.15, 0.2) is 18.3 Å². The van der Waals surface area contributed by atoms with Crippen molar-refractivity contribution in [3.63, 3.8) is 0 Å². The Bertz CT molecular complexity index is 287. The van der Waals surface area contributed by atoms with E-state index in [1.807, 2.05) is 0 Å². The molecule has 1 aliphatic rings. The molecule has 1 fully saturated rings. The van der Waals surface area contributed by atoms with Crippen LogP contribution < -0.4 is 4.90 Å². The van der Waals surface area contributed by atoms with E-state index in [9.17, 15) is 8.78 Å². The van der Waals surface area contributed by atoms with Crippen LogP contribution in [-0.2, 0) is 0 Å². The van der Waals surface area contributed by atoms with Crippen LogP contribution in [0.2, 0.25) is 0 Å². The third-order valence-electron chi connectivity index (χ3n) is 2.06. The van der Waals surface area contributed by atoms with E-state index in [-0.39, 0.29) is 13.0 Å². The standard InChI is InChI=1S/C9H9F2N2/c10-9(11)4-6-13(7-9)8-3-1-2-5-12-8/h1-2,5H,4,6-7H2. The lowest BCUT2D eigenvalue weighted by atomic mass is 10.3. The van der Waals surface area contributed by atoms with E-state index >= 15 is 0 Å². The summed E-state index contributed by atoms with van der Waals surface area (Å²) in [5.41, 5.74) is 0. The van der Waals surface area contributed by atoms with Crippen molar-refractivity contribution < 1.29 is 8.78 Å². The fraction of sp³-hybridized carbons (Fsp3) is 0.444. The zero-order valence-corrected chi connectivity index (χ0v) is 7.00. The van der Waals surface area contributed by atoms with Crippen molar-refractivity contribution in [2.24, 2.45) is 0 Å². The highest BCUT2D eigenvalue weighted by molar-refractivity contribution is 5.38. The summed E-state index contributed by atoms with van der Waals surface area (Å²) < 4.78 is 25.6. The summed E-state index contributed by atoms with van der Waals surface area (Å²) in [7, 11) is 0. The molecule has 0 bridgehead atoms. The summed E-state index contributed by atoms with van der Waals surface area (Å²) in [5.74, 6) is -2.05. The first kappa shape index (κ1) is 8.41. The molecule has 2 heterocycles. The molecule has 0 atom stereocenters. The minimum absolute atomic E-state index is 0.0859. The van der Waals surface area contributed by atoms with E-state index in [4.69, 9.17) is 0 Å². The predicted molar refractivity (Wildman–Crippen MR) is 44.9 cm³/mol. The molecule has 1 aromatic heterocycles. The van der Waals surface area contributed by atoms with Gasteiger partial charge in [-0.2, -0.15) is 0 Å². The van der Waals surface area contributed by atoms with E-state index in [1.54, 1.807) is 23.2 Å². The van der Waals surface area contributed by atoms with Crippen molar-refractivity contribution in [3.8, 4) is 0 Å². The Kier molecular flexibility index (Phi) is 1.90. The Balaban J connectivity index is 2.13. The summed E-state index contributed by atoms with van der Waals surface area (Å²) in [5, 5.41) is 0. The molecular formula is C9H9F2N2. The highest BCUT2D eigenvalue weighted by Gasteiger charge is 2.38. The highest BCUT2D eigenvalue weighted by atomic mass is 19.3. The van der Waals surface area contributed by atoms with Crippen LogP contribution in [0.3, 0.4) is 0 Å². The van der Waals surface area contributed by atoms with Gasteiger partial charge in [-0.1, -0.05) is 0 Å². The fourth-order valence-electron chi connectivity index (χ4n) is 1.41. The van der Waals surface area contributed by atoms with Crippen LogP contribution in [0.1, 0.15) is 6.42 Å². The normalized spacial score (nSPS) is 20.6. The second kappa shape index (κ2) is 2.94. The number of aromatic nitrogens is 1. The number of hydrogen-bond donors (Lipinski definition) is 0. The van der Waals surface area contributed by atoms with E-state index in [2.05, 4.69) is 11.1 Å². The summed E-state index contributed by atoms with van der Waals surface area (Å²) in [4.78, 5) is 5.52. The Morgan fingerprint density at radius 1 is 1.54 bits per heavy atom. The van der Waals surface area contributed by atoms with Gasteiger partial charge in [-0.15, -0.1) is 0 Å². The Morgan fingerprint density at radius 2 is 2.38 bits per heavy atom. The fourth-order valence-corrected chi connectivity index (χ4v) is 1.41. The molecule has 0 saturated carbocycles. The second-order valence-corrected chi connectivity index (χ2v) is 3.13. The number of hydrogen-bond acceptors (Lipinski definition) is 2. The van der Waals surface area contributed by atoms with Gasteiger partial charge in [0.2, 0.25) is 0 Å². The average Bonchev–Trinajstić information content (AvgIpc) is 2.48. The lowest BCUT2D eigenvalue weighted by molar-refractivity contribution is 0.0256. The van der Waals surface area contributed by atoms with Gasteiger partial charge in [-0.05, 0) is 12.1 Å². The SMILES string of the molecule is FC1(F)CCN(c2[c]cccn2)C1. The number of pyridine rings is 1. The second-order valence-electron chi connectivity index (χ2n) is 3.13. The summed E-state index contributed by atoms with van der Waals surface area (Å²) >= 11 is 0. The largest absolute Gasteiger partial charge is 0.350 e. The van der Waals surface area contributed by atoms with Gasteiger partial charge in [0.25, 0.3) is 5.92 Å². The number of nitrogens with zero attached hydrogens (tertiary/aromatic N) is 2. The summed E-state index contributed by atoms with van der Waals surface area (Å²) in [6, 6.07) is 6.23. The Hall–Kier alpha value is -1.19. The highest BCUT2D eigenvalue weighted by Crippen LogP contribution is 2.29. The van der Waals surface area contributed by atoms with Crippen molar-refractivity contribution in [1.29, 1.82) is 0 Å². The zero-order valence-electron chi connectivity index (χ0n) is 7.00. The van der Waals surface area contributed by atoms with Gasteiger partial charge < -0.3 is 4.90 Å². The number of halogens is 2. The molecule has 2 rings (SSSR count). The van der Waals surface area contributed by atoms with Gasteiger partial charge in [0.15, 0.2) is 0 Å². The third-order valence-corrected chi connectivity index (χ3v) is 2.06. The Labute approximate surface area is 75.2 Å². The maximum absolute atomic E-state index is 12.8. The maximum Gasteiger partial charge on any atom is 0.266 e. The van der Waals surface area contributed by atoms with Gasteiger partial charge in [-0.25, -0.2) is 13.8 Å². The van der Waals surface area contributed by atoms with Crippen LogP contribution in [0, 0.1) is 6.07 Å². The lowest BCUT2D eigenvalue weighted by Gasteiger charge is -2.15. The van der Waals surface area contributed by atoms with Crippen molar-refractivity contribution >= 4 is 5.82 Å². The molecule has 1 radical (unpaired) electrons. The number of anilines is 1. The average molecular weight is 183 g/mol. The van der Waals surface area contributed by atoms with Crippen molar-refractivity contribution in [3.05, 3.63) is 24.4 Å². The molecular weight excluding hydrogens is 174 g/mol. The molecule has 1 aliphatic heterocycles. The van der Waals surface area contributed by atoms with E-state index < -0.39 is 5.92 Å². The minimum Gasteiger partial charge on any atom is -0.350 e. The number of rotatable bonds is 1. The predicted octanol–water partition coefficient (Wildman–Crippen LogP) is 1.73. The molecule has 0 N–H and O–H groups in total. The first-order valence-electron chi connectivity index (χ1n) is 4.13. The molecule has 69 valence electrons. The first-order chi connectivity index (χ1) is 6.17. The molecule has 0 aliphatic carbocycles. The van der Waals surface area contributed by atoms with E-state index in [0.717, 1.165) is 0 Å². The minimum atomic E-state index is -2.56. The van der Waals surface area contributed by atoms with Gasteiger partial charge in [0, 0.05) is 25.2 Å². The first-order valence-corrected chi connectivity index (χ1v) is 4.13. The van der Waals surface area contributed by atoms with Crippen molar-refractivity contribution in [2.75, 3.05) is 18.0 Å². The topological polar surface area (TPSA) is 16.1 Å². The molecule has 0 unspecified atom stereocenters. The molecule has 1 saturated heterocycles. The third kappa shape index (κ3) is 1.76. The van der Waals surface area contributed by atoms with Crippen LogP contribution in [-0.4, -0.2) is 24.0 Å². The van der Waals surface area contributed by atoms with Gasteiger partial charge in [0.1, 0.15) is 5.82 Å². The molecule has 0 amide bonds. The number of alkyl halides is 2. The molecule has 0 aromatic carbocycles. The van der Waals surface area contributed by atoms with Crippen LogP contribution >= 0.6 is 0 Å². The van der Waals surface area contributed by atoms with Gasteiger partial charge >= 0.3 is 0 Å². The summed E-state index contributed by atoms with van der Waals surface area (Å²) in [6.45, 7) is 0.126. The molecule has 2 nitrogen and oxygen atoms in total. The van der Waals surface area contributed by atoms with Gasteiger partial charge in [-0.3, -0.25) is 0 Å². The van der Waals surface area contributed by atoms with Crippen molar-refractivity contribution in [2.45, 2.75) is 12.3 Å². The Morgan fingerprint density at radius 3 is 2.92 bits per heavy atom.